The molecule has 0 bridgehead atoms. The lowest BCUT2D eigenvalue weighted by atomic mass is 10.0. The van der Waals surface area contributed by atoms with E-state index in [1.165, 1.54) is 0 Å². The molecular formula is C22H29NO6. The maximum atomic E-state index is 12.5. The Bertz CT molecular complexity index is 811. The first-order valence-electron chi connectivity index (χ1n) is 9.27. The Morgan fingerprint density at radius 1 is 0.862 bits per heavy atom. The van der Waals surface area contributed by atoms with Gasteiger partial charge in [0.1, 0.15) is 11.5 Å². The third-order valence-corrected chi connectivity index (χ3v) is 4.65. The van der Waals surface area contributed by atoms with Crippen LogP contribution in [0, 0.1) is 0 Å². The van der Waals surface area contributed by atoms with Crippen molar-refractivity contribution in [2.24, 2.45) is 0 Å². The van der Waals surface area contributed by atoms with Crippen LogP contribution in [0.15, 0.2) is 30.3 Å². The molecule has 158 valence electrons. The number of nitrogens with one attached hydrogen (secondary N) is 1. The third-order valence-electron chi connectivity index (χ3n) is 4.65. The number of amides is 1. The van der Waals surface area contributed by atoms with Gasteiger partial charge in [-0.25, -0.2) is 0 Å². The number of benzene rings is 2. The average Bonchev–Trinajstić information content (AvgIpc) is 2.76. The first-order valence-corrected chi connectivity index (χ1v) is 9.27. The summed E-state index contributed by atoms with van der Waals surface area (Å²) in [6.07, 6.45) is 0.847. The highest BCUT2D eigenvalue weighted by molar-refractivity contribution is 5.77. The van der Waals surface area contributed by atoms with Crippen LogP contribution in [0.25, 0.3) is 0 Å². The molecule has 7 nitrogen and oxygen atoms in total. The van der Waals surface area contributed by atoms with Crippen molar-refractivity contribution in [1.29, 1.82) is 0 Å². The molecule has 29 heavy (non-hydrogen) atoms. The lowest BCUT2D eigenvalue weighted by Crippen LogP contribution is -2.27. The van der Waals surface area contributed by atoms with Gasteiger partial charge in [0, 0.05) is 12.0 Å². The van der Waals surface area contributed by atoms with Gasteiger partial charge in [0.2, 0.25) is 11.7 Å². The first kappa shape index (κ1) is 22.2. The Balaban J connectivity index is 2.07. The third kappa shape index (κ3) is 5.47. The molecule has 0 spiro atoms. The Morgan fingerprint density at radius 2 is 1.48 bits per heavy atom. The van der Waals surface area contributed by atoms with E-state index >= 15 is 0 Å². The zero-order chi connectivity index (χ0) is 21.4. The van der Waals surface area contributed by atoms with E-state index in [4.69, 9.17) is 23.7 Å². The lowest BCUT2D eigenvalue weighted by molar-refractivity contribution is -0.121. The smallest absolute Gasteiger partial charge is 0.220 e. The normalized spacial score (nSPS) is 11.4. The Hall–Kier alpha value is -3.09. The van der Waals surface area contributed by atoms with Gasteiger partial charge < -0.3 is 29.0 Å². The minimum Gasteiger partial charge on any atom is -0.497 e. The molecule has 0 saturated heterocycles. The molecule has 0 heterocycles. The van der Waals surface area contributed by atoms with Crippen molar-refractivity contribution in [2.45, 2.75) is 25.8 Å². The summed E-state index contributed by atoms with van der Waals surface area (Å²) in [6, 6.07) is 8.98. The largest absolute Gasteiger partial charge is 0.497 e. The van der Waals surface area contributed by atoms with Gasteiger partial charge in [-0.3, -0.25) is 4.79 Å². The van der Waals surface area contributed by atoms with Gasteiger partial charge in [-0.15, -0.1) is 0 Å². The van der Waals surface area contributed by atoms with Crippen LogP contribution in [0.5, 0.6) is 28.7 Å². The van der Waals surface area contributed by atoms with E-state index in [9.17, 15) is 4.79 Å². The predicted molar refractivity (Wildman–Crippen MR) is 111 cm³/mol. The summed E-state index contributed by atoms with van der Waals surface area (Å²) in [5.74, 6) is 2.99. The SMILES string of the molecule is COc1ccc(OC)c([C@@H](C)NC(=O)CCc2cc(OC)c(OC)c(OC)c2)c1. The molecular weight excluding hydrogens is 374 g/mol. The summed E-state index contributed by atoms with van der Waals surface area (Å²) in [5, 5.41) is 3.01. The van der Waals surface area contributed by atoms with Gasteiger partial charge in [0.25, 0.3) is 0 Å². The number of ether oxygens (including phenoxy) is 5. The fourth-order valence-electron chi connectivity index (χ4n) is 3.11. The first-order chi connectivity index (χ1) is 14.0. The Kier molecular flexibility index (Phi) is 8.00. The minimum atomic E-state index is -0.229. The van der Waals surface area contributed by atoms with E-state index in [1.807, 2.05) is 37.3 Å². The minimum absolute atomic E-state index is 0.0730. The number of hydrogen-bond acceptors (Lipinski definition) is 6. The molecule has 0 saturated carbocycles. The van der Waals surface area contributed by atoms with Gasteiger partial charge >= 0.3 is 0 Å². The standard InChI is InChI=1S/C22H29NO6/c1-14(17-13-16(25-2)8-9-18(17)26-3)23-21(24)10-7-15-11-19(27-4)22(29-6)20(12-15)28-5/h8-9,11-14H,7,10H2,1-6H3,(H,23,24)/t14-/m1/s1. The van der Waals surface area contributed by atoms with Crippen LogP contribution in [-0.4, -0.2) is 41.5 Å². The van der Waals surface area contributed by atoms with Crippen molar-refractivity contribution in [3.8, 4) is 28.7 Å². The maximum Gasteiger partial charge on any atom is 0.220 e. The van der Waals surface area contributed by atoms with Crippen LogP contribution < -0.4 is 29.0 Å². The van der Waals surface area contributed by atoms with Gasteiger partial charge in [0.15, 0.2) is 11.5 Å². The topological polar surface area (TPSA) is 75.3 Å². The number of carbonyl (C=O) groups excluding carboxylic acids is 1. The van der Waals surface area contributed by atoms with Gasteiger partial charge in [-0.05, 0) is 49.2 Å². The number of aryl methyl sites for hydroxylation is 1. The molecule has 0 aliphatic rings. The highest BCUT2D eigenvalue weighted by Gasteiger charge is 2.17. The molecule has 1 amide bonds. The zero-order valence-corrected chi connectivity index (χ0v) is 17.8. The Morgan fingerprint density at radius 3 is 2.00 bits per heavy atom. The van der Waals surface area contributed by atoms with Gasteiger partial charge in [-0.2, -0.15) is 0 Å². The molecule has 7 heteroatoms. The van der Waals surface area contributed by atoms with E-state index in [-0.39, 0.29) is 11.9 Å². The molecule has 2 aromatic carbocycles. The maximum absolute atomic E-state index is 12.5. The number of hydrogen-bond donors (Lipinski definition) is 1. The molecule has 1 N–H and O–H groups in total. The summed E-state index contributed by atoms with van der Waals surface area (Å²) in [4.78, 5) is 12.5. The van der Waals surface area contributed by atoms with E-state index in [0.717, 1.165) is 11.1 Å². The summed E-state index contributed by atoms with van der Waals surface area (Å²) in [5.41, 5.74) is 1.77. The van der Waals surface area contributed by atoms with E-state index in [2.05, 4.69) is 5.32 Å². The summed E-state index contributed by atoms with van der Waals surface area (Å²) in [6.45, 7) is 1.91. The second kappa shape index (κ2) is 10.5. The zero-order valence-electron chi connectivity index (χ0n) is 17.8. The molecule has 0 fully saturated rings. The number of carbonyl (C=O) groups is 1. The van der Waals surface area contributed by atoms with E-state index in [1.54, 1.807) is 35.5 Å². The second-order valence-corrected chi connectivity index (χ2v) is 6.43. The summed E-state index contributed by atoms with van der Waals surface area (Å²) >= 11 is 0. The molecule has 0 aromatic heterocycles. The predicted octanol–water partition coefficient (Wildman–Crippen LogP) is 3.54. The average molecular weight is 403 g/mol. The van der Waals surface area contributed by atoms with E-state index < -0.39 is 0 Å². The molecule has 1 atom stereocenters. The monoisotopic (exact) mass is 403 g/mol. The number of methoxy groups -OCH3 is 5. The van der Waals surface area contributed by atoms with Crippen LogP contribution in [-0.2, 0) is 11.2 Å². The highest BCUT2D eigenvalue weighted by atomic mass is 16.5. The summed E-state index contributed by atoms with van der Waals surface area (Å²) in [7, 11) is 7.90. The molecule has 2 rings (SSSR count). The molecule has 2 aromatic rings. The van der Waals surface area contributed by atoms with Crippen molar-refractivity contribution in [2.75, 3.05) is 35.5 Å². The lowest BCUT2D eigenvalue weighted by Gasteiger charge is -2.18. The number of rotatable bonds is 10. The van der Waals surface area contributed by atoms with Crippen LogP contribution in [0.3, 0.4) is 0 Å². The van der Waals surface area contributed by atoms with Crippen molar-refractivity contribution >= 4 is 5.91 Å². The van der Waals surface area contributed by atoms with Crippen LogP contribution in [0.2, 0.25) is 0 Å². The molecule has 0 unspecified atom stereocenters. The van der Waals surface area contributed by atoms with Crippen molar-refractivity contribution in [1.82, 2.24) is 5.32 Å². The molecule has 0 radical (unpaired) electrons. The van der Waals surface area contributed by atoms with Crippen LogP contribution in [0.4, 0.5) is 0 Å². The highest BCUT2D eigenvalue weighted by Crippen LogP contribution is 2.38. The molecule has 0 aliphatic carbocycles. The second-order valence-electron chi connectivity index (χ2n) is 6.43. The van der Waals surface area contributed by atoms with E-state index in [0.29, 0.717) is 41.6 Å². The fraction of sp³-hybridized carbons (Fsp3) is 0.409. The van der Waals surface area contributed by atoms with Crippen LogP contribution in [0.1, 0.15) is 30.5 Å². The molecule has 0 aliphatic heterocycles. The quantitative estimate of drug-likeness (QED) is 0.654. The van der Waals surface area contributed by atoms with Crippen molar-refractivity contribution in [3.63, 3.8) is 0 Å². The Labute approximate surface area is 171 Å². The summed E-state index contributed by atoms with van der Waals surface area (Å²) < 4.78 is 26.7. The fourth-order valence-corrected chi connectivity index (χ4v) is 3.11. The van der Waals surface area contributed by atoms with Crippen molar-refractivity contribution < 1.29 is 28.5 Å². The van der Waals surface area contributed by atoms with Crippen molar-refractivity contribution in [3.05, 3.63) is 41.5 Å². The van der Waals surface area contributed by atoms with Gasteiger partial charge in [-0.1, -0.05) is 0 Å². The van der Waals surface area contributed by atoms with Crippen LogP contribution >= 0.6 is 0 Å². The van der Waals surface area contributed by atoms with Gasteiger partial charge in [0.05, 0.1) is 41.6 Å².